The number of fused-ring (bicyclic) bond motifs is 6. The number of likely N-dealkylation sites (tertiary alicyclic amines) is 2. The topological polar surface area (TPSA) is 215 Å². The predicted octanol–water partition coefficient (Wildman–Crippen LogP) is 8.80. The molecule has 0 spiro atoms. The largest absolute Gasteiger partial charge is 0.368 e. The normalized spacial score (nSPS) is 16.2. The minimum absolute atomic E-state index is 0.109. The number of rotatable bonds is 12. The van der Waals surface area contributed by atoms with Gasteiger partial charge in [-0.3, -0.25) is 46.9 Å². The minimum Gasteiger partial charge on any atom is -0.368 e. The van der Waals surface area contributed by atoms with Crippen molar-refractivity contribution in [3.63, 3.8) is 0 Å². The van der Waals surface area contributed by atoms with Crippen molar-refractivity contribution in [2.24, 2.45) is 0 Å². The van der Waals surface area contributed by atoms with Crippen LogP contribution in [0.15, 0.2) is 124 Å². The Morgan fingerprint density at radius 1 is 0.484 bits per heavy atom. The molecule has 0 saturated carbocycles. The number of anilines is 1. The summed E-state index contributed by atoms with van der Waals surface area (Å²) in [5.74, 6) is 0.786. The molecule has 0 radical (unpaired) electrons. The highest BCUT2D eigenvalue weighted by Gasteiger charge is 2.24. The van der Waals surface area contributed by atoms with Crippen LogP contribution in [-0.4, -0.2) is 160 Å². The molecule has 1 N–H and O–H groups in total. The SMILES string of the molecule is CCc1nc(C)cn2nc(-c3cc(=O)n4cc(N5CCN[C@H](C)C5)ccc4n3)cc12.Cc1cn2nc(-c3cc(=O)n4cc(C5CCN(CCCF)CC5)ccc4n3)cc2c(C)n1.Cc1cn2nc(-c3cc(=O)n4cc(C5CCN(CCF)CC5)ccc4n3)cc2c(C)n1. The van der Waals surface area contributed by atoms with Crippen LogP contribution in [0.4, 0.5) is 14.5 Å². The fraction of sp³-hybridized carbons (Fsp3) is 0.391. The molecular formula is C69H77F2N19O3. The number of aromatic nitrogens is 15. The molecule has 1 atom stereocenters. The van der Waals surface area contributed by atoms with Gasteiger partial charge in [-0.15, -0.1) is 0 Å². The lowest BCUT2D eigenvalue weighted by molar-refractivity contribution is 0.197. The maximum absolute atomic E-state index is 12.9. The first-order chi connectivity index (χ1) is 45.0. The molecule has 15 rings (SSSR count). The van der Waals surface area contributed by atoms with Gasteiger partial charge in [0.05, 0.1) is 98.7 Å². The Balaban J connectivity index is 0.000000127. The van der Waals surface area contributed by atoms with E-state index in [-0.39, 0.29) is 30.0 Å². The number of nitrogens with one attached hydrogen (secondary N) is 1. The molecule has 0 amide bonds. The molecule has 12 aromatic heterocycles. The summed E-state index contributed by atoms with van der Waals surface area (Å²) < 4.78 is 35.3. The molecule has 3 fully saturated rings. The Bertz CT molecular complexity index is 4940. The van der Waals surface area contributed by atoms with E-state index in [1.165, 1.54) is 6.07 Å². The molecule has 480 valence electrons. The van der Waals surface area contributed by atoms with E-state index in [9.17, 15) is 23.2 Å². The van der Waals surface area contributed by atoms with Crippen LogP contribution in [0.2, 0.25) is 0 Å². The van der Waals surface area contributed by atoms with Crippen LogP contribution in [0, 0.1) is 34.6 Å². The molecule has 0 bridgehead atoms. The molecule has 3 aliphatic rings. The monoisotopic (exact) mass is 1260 g/mol. The molecule has 93 heavy (non-hydrogen) atoms. The molecule has 15 heterocycles. The number of piperidine rings is 2. The maximum atomic E-state index is 12.9. The summed E-state index contributed by atoms with van der Waals surface area (Å²) in [5, 5.41) is 17.3. The zero-order chi connectivity index (χ0) is 64.6. The van der Waals surface area contributed by atoms with Crippen LogP contribution >= 0.6 is 0 Å². The lowest BCUT2D eigenvalue weighted by Crippen LogP contribution is -2.49. The highest BCUT2D eigenvalue weighted by Crippen LogP contribution is 2.31. The van der Waals surface area contributed by atoms with E-state index < -0.39 is 0 Å². The van der Waals surface area contributed by atoms with Gasteiger partial charge in [0.25, 0.3) is 16.7 Å². The summed E-state index contributed by atoms with van der Waals surface area (Å²) in [7, 11) is 0. The minimum atomic E-state index is -0.300. The number of nitrogens with zero attached hydrogens (tertiary/aromatic N) is 18. The Labute approximate surface area is 535 Å². The smallest absolute Gasteiger partial charge is 0.258 e. The van der Waals surface area contributed by atoms with Crippen LogP contribution in [-0.2, 0) is 6.42 Å². The van der Waals surface area contributed by atoms with E-state index in [2.05, 4.69) is 76.2 Å². The third-order valence-corrected chi connectivity index (χ3v) is 18.2. The van der Waals surface area contributed by atoms with Crippen molar-refractivity contribution in [3.05, 3.63) is 186 Å². The first-order valence-electron chi connectivity index (χ1n) is 32.2. The summed E-state index contributed by atoms with van der Waals surface area (Å²) in [6, 6.07) is 22.8. The van der Waals surface area contributed by atoms with Crippen molar-refractivity contribution >= 4 is 39.2 Å². The second-order valence-corrected chi connectivity index (χ2v) is 24.9. The zero-order valence-corrected chi connectivity index (χ0v) is 53.7. The first kappa shape index (κ1) is 62.3. The quantitative estimate of drug-likeness (QED) is 0.121. The Hall–Kier alpha value is -9.52. The van der Waals surface area contributed by atoms with Crippen molar-refractivity contribution in [2.75, 3.05) is 77.2 Å². The van der Waals surface area contributed by atoms with Gasteiger partial charge in [-0.1, -0.05) is 19.1 Å². The van der Waals surface area contributed by atoms with Crippen LogP contribution in [0.25, 0.3) is 67.7 Å². The second kappa shape index (κ2) is 26.6. The van der Waals surface area contributed by atoms with Gasteiger partial charge in [0.1, 0.15) is 40.7 Å². The number of alkyl halides is 2. The lowest BCUT2D eigenvalue weighted by Gasteiger charge is -2.33. The van der Waals surface area contributed by atoms with Crippen LogP contribution < -0.4 is 26.9 Å². The van der Waals surface area contributed by atoms with E-state index in [1.807, 2.05) is 119 Å². The summed E-state index contributed by atoms with van der Waals surface area (Å²) in [5.41, 5.74) is 16.7. The zero-order valence-electron chi connectivity index (χ0n) is 53.7. The van der Waals surface area contributed by atoms with Crippen LogP contribution in [0.3, 0.4) is 0 Å². The molecule has 0 unspecified atom stereocenters. The number of hydrogen-bond donors (Lipinski definition) is 1. The molecular weight excluding hydrogens is 1180 g/mol. The van der Waals surface area contributed by atoms with Gasteiger partial charge in [-0.25, -0.2) is 32.9 Å². The van der Waals surface area contributed by atoms with Gasteiger partial charge in [-0.2, -0.15) is 15.3 Å². The third kappa shape index (κ3) is 13.3. The Morgan fingerprint density at radius 2 is 0.925 bits per heavy atom. The molecule has 24 heteroatoms. The fourth-order valence-corrected chi connectivity index (χ4v) is 13.3. The average Bonchev–Trinajstić information content (AvgIpc) is 1.80. The van der Waals surface area contributed by atoms with E-state index in [1.54, 1.807) is 34.4 Å². The number of piperazine rings is 1. The van der Waals surface area contributed by atoms with Gasteiger partial charge < -0.3 is 20.0 Å². The van der Waals surface area contributed by atoms with Crippen LogP contribution in [0.5, 0.6) is 0 Å². The van der Waals surface area contributed by atoms with Crippen molar-refractivity contribution in [1.82, 2.24) is 87.1 Å². The van der Waals surface area contributed by atoms with Gasteiger partial charge in [-0.05, 0) is 172 Å². The Morgan fingerprint density at radius 3 is 1.39 bits per heavy atom. The lowest BCUT2D eigenvalue weighted by atomic mass is 9.90. The van der Waals surface area contributed by atoms with E-state index in [0.29, 0.717) is 81.9 Å². The average molecular weight is 1260 g/mol. The van der Waals surface area contributed by atoms with Crippen molar-refractivity contribution < 1.29 is 8.78 Å². The van der Waals surface area contributed by atoms with Gasteiger partial charge in [0.2, 0.25) is 0 Å². The van der Waals surface area contributed by atoms with E-state index in [0.717, 1.165) is 152 Å². The summed E-state index contributed by atoms with van der Waals surface area (Å²) in [4.78, 5) is 73.2. The predicted molar refractivity (Wildman–Crippen MR) is 356 cm³/mol. The molecule has 3 aliphatic heterocycles. The summed E-state index contributed by atoms with van der Waals surface area (Å²) >= 11 is 0. The molecule has 0 aliphatic carbocycles. The number of hydrogen-bond acceptors (Lipinski definition) is 16. The van der Waals surface area contributed by atoms with Crippen molar-refractivity contribution in [3.8, 4) is 34.2 Å². The third-order valence-electron chi connectivity index (χ3n) is 18.2. The van der Waals surface area contributed by atoms with E-state index in [4.69, 9.17) is 15.0 Å². The maximum Gasteiger partial charge on any atom is 0.258 e. The van der Waals surface area contributed by atoms with Crippen molar-refractivity contribution in [2.45, 2.75) is 105 Å². The molecule has 0 aromatic carbocycles. The molecule has 12 aromatic rings. The summed E-state index contributed by atoms with van der Waals surface area (Å²) in [6.07, 6.45) is 16.8. The Kier molecular flexibility index (Phi) is 17.8. The number of aryl methyl sites for hydroxylation is 6. The highest BCUT2D eigenvalue weighted by molar-refractivity contribution is 5.69. The fourth-order valence-electron chi connectivity index (χ4n) is 13.3. The highest BCUT2D eigenvalue weighted by atomic mass is 19.1. The molecule has 22 nitrogen and oxygen atoms in total. The summed E-state index contributed by atoms with van der Waals surface area (Å²) in [6.45, 7) is 21.2. The first-order valence-corrected chi connectivity index (χ1v) is 32.2. The van der Waals surface area contributed by atoms with Gasteiger partial charge in [0.15, 0.2) is 0 Å². The molecule has 3 saturated heterocycles. The van der Waals surface area contributed by atoms with E-state index >= 15 is 0 Å². The standard InChI is InChI=1S/C24H27FN6O.C23H25FN6O.C22H25N7O/c1-16-14-31-22(17(2)26-16)12-21(28-31)20-13-24(32)30-15-19(4-5-23(30)27-20)18-6-10-29(11-7-18)9-3-8-25;1-15-13-30-21(16(2)25-15)11-20(27-30)19-12-23(31)29-14-18(3-4-22(29)26-19)17-5-8-28(9-6-17)10-7-24;1-4-17-20-9-19(26-29(20)12-15(3)24-17)18-10-22(30)28-13-16(5-6-21(28)25-18)27-8-7-23-14(2)11-27/h4-5,12-15,18H,3,6-11H2,1-2H3;3-4,11-14,17H,5-10H2,1-2H3;5-6,9-10,12-14,23H,4,7-8,11H2,1-3H3/t;;14-/m..1/s1. The van der Waals surface area contributed by atoms with Gasteiger partial charge in [0, 0.05) is 75.6 Å². The van der Waals surface area contributed by atoms with Gasteiger partial charge >= 0.3 is 0 Å². The van der Waals surface area contributed by atoms with Crippen LogP contribution in [0.1, 0.15) is 103 Å². The number of halogens is 2. The second-order valence-electron chi connectivity index (χ2n) is 24.9. The van der Waals surface area contributed by atoms with Crippen molar-refractivity contribution in [1.29, 1.82) is 0 Å². The number of pyridine rings is 3.